The third-order valence-electron chi connectivity index (χ3n) is 6.18. The van der Waals surface area contributed by atoms with Crippen LogP contribution < -0.4 is 11.1 Å². The highest BCUT2D eigenvalue weighted by Crippen LogP contribution is 2.41. The molecule has 24 heavy (non-hydrogen) atoms. The summed E-state index contributed by atoms with van der Waals surface area (Å²) < 4.78 is 0. The highest BCUT2D eigenvalue weighted by atomic mass is 35.5. The molecule has 3 atom stereocenters. The molecule has 1 aliphatic heterocycles. The van der Waals surface area contributed by atoms with Gasteiger partial charge in [0.25, 0.3) is 0 Å². The van der Waals surface area contributed by atoms with Crippen molar-refractivity contribution in [3.8, 4) is 0 Å². The van der Waals surface area contributed by atoms with Crippen molar-refractivity contribution in [3.05, 3.63) is 0 Å². The number of nitrogens with one attached hydrogen (secondary N) is 1. The Hall–Kier alpha value is -0.810. The van der Waals surface area contributed by atoms with Gasteiger partial charge in [0.1, 0.15) is 6.04 Å². The molecule has 0 aromatic carbocycles. The summed E-state index contributed by atoms with van der Waals surface area (Å²) in [5, 5.41) is 2.98. The Kier molecular flexibility index (Phi) is 6.93. The maximum atomic E-state index is 12.6. The van der Waals surface area contributed by atoms with Gasteiger partial charge in [-0.25, -0.2) is 0 Å². The van der Waals surface area contributed by atoms with E-state index in [0.29, 0.717) is 11.8 Å². The Balaban J connectivity index is 0.00000208. The molecule has 138 valence electrons. The van der Waals surface area contributed by atoms with Gasteiger partial charge in [0, 0.05) is 25.0 Å². The van der Waals surface area contributed by atoms with Gasteiger partial charge >= 0.3 is 0 Å². The van der Waals surface area contributed by atoms with Crippen molar-refractivity contribution in [1.29, 1.82) is 0 Å². The van der Waals surface area contributed by atoms with Gasteiger partial charge in [0.05, 0.1) is 0 Å². The Labute approximate surface area is 151 Å². The molecule has 2 saturated carbocycles. The quantitative estimate of drug-likeness (QED) is 0.812. The number of nitrogens with two attached hydrogens (primary N) is 1. The van der Waals surface area contributed by atoms with E-state index in [9.17, 15) is 9.59 Å². The molecule has 0 aromatic rings. The number of nitrogens with zero attached hydrogens (tertiary/aromatic N) is 1. The van der Waals surface area contributed by atoms with Gasteiger partial charge in [-0.1, -0.05) is 6.42 Å². The van der Waals surface area contributed by atoms with Crippen LogP contribution in [-0.2, 0) is 9.59 Å². The summed E-state index contributed by atoms with van der Waals surface area (Å²) in [5.41, 5.74) is 6.30. The lowest BCUT2D eigenvalue weighted by Crippen LogP contribution is -2.53. The second-order valence-electron chi connectivity index (χ2n) is 7.81. The van der Waals surface area contributed by atoms with Crippen LogP contribution in [0.5, 0.6) is 0 Å². The number of amides is 2. The van der Waals surface area contributed by atoms with Crippen LogP contribution in [0.1, 0.15) is 58.3 Å². The highest BCUT2D eigenvalue weighted by molar-refractivity contribution is 5.88. The van der Waals surface area contributed by atoms with Crippen LogP contribution in [-0.4, -0.2) is 41.9 Å². The number of fused-ring (bicyclic) bond motifs is 2. The number of rotatable bonds is 3. The molecule has 6 heteroatoms. The fourth-order valence-electron chi connectivity index (χ4n) is 4.78. The Morgan fingerprint density at radius 1 is 1.04 bits per heavy atom. The van der Waals surface area contributed by atoms with E-state index in [4.69, 9.17) is 5.73 Å². The maximum absolute atomic E-state index is 12.6. The molecule has 0 spiro atoms. The van der Waals surface area contributed by atoms with Crippen molar-refractivity contribution in [2.24, 2.45) is 23.5 Å². The summed E-state index contributed by atoms with van der Waals surface area (Å²) >= 11 is 0. The lowest BCUT2D eigenvalue weighted by molar-refractivity contribution is -0.138. The summed E-state index contributed by atoms with van der Waals surface area (Å²) in [6, 6.07) is -0.128. The normalized spacial score (nSPS) is 34.0. The molecule has 3 aliphatic rings. The van der Waals surface area contributed by atoms with Crippen LogP contribution in [0.25, 0.3) is 0 Å². The van der Waals surface area contributed by atoms with Gasteiger partial charge in [-0.2, -0.15) is 0 Å². The lowest BCUT2D eigenvalue weighted by Gasteiger charge is -2.43. The van der Waals surface area contributed by atoms with E-state index in [1.807, 2.05) is 11.8 Å². The Morgan fingerprint density at radius 3 is 2.21 bits per heavy atom. The SMILES string of the molecule is C[C@H](NC(=O)C1CC2CCCC(C1)C2N)C(=O)N1CCCCC1.Cl. The molecule has 0 radical (unpaired) electrons. The molecule has 2 aliphatic carbocycles. The molecular formula is C18H32ClN3O2. The molecule has 2 unspecified atom stereocenters. The van der Waals surface area contributed by atoms with Gasteiger partial charge in [-0.05, 0) is 63.7 Å². The predicted octanol–water partition coefficient (Wildman–Crippen LogP) is 2.08. The Bertz CT molecular complexity index is 440. The molecular weight excluding hydrogens is 326 g/mol. The minimum atomic E-state index is -0.406. The summed E-state index contributed by atoms with van der Waals surface area (Å²) in [6.45, 7) is 3.49. The topological polar surface area (TPSA) is 75.4 Å². The summed E-state index contributed by atoms with van der Waals surface area (Å²) in [7, 11) is 0. The number of carbonyl (C=O) groups excluding carboxylic acids is 2. The van der Waals surface area contributed by atoms with Gasteiger partial charge in [0.15, 0.2) is 0 Å². The first kappa shape index (κ1) is 19.5. The zero-order valence-corrected chi connectivity index (χ0v) is 15.5. The summed E-state index contributed by atoms with van der Waals surface area (Å²) in [6.07, 6.45) is 8.72. The first-order valence-electron chi connectivity index (χ1n) is 9.41. The van der Waals surface area contributed by atoms with E-state index >= 15 is 0 Å². The van der Waals surface area contributed by atoms with Crippen LogP contribution >= 0.6 is 12.4 Å². The van der Waals surface area contributed by atoms with Gasteiger partial charge in [-0.15, -0.1) is 12.4 Å². The van der Waals surface area contributed by atoms with Crippen LogP contribution in [0, 0.1) is 17.8 Å². The third kappa shape index (κ3) is 4.23. The molecule has 5 nitrogen and oxygen atoms in total. The minimum Gasteiger partial charge on any atom is -0.344 e. The fourth-order valence-corrected chi connectivity index (χ4v) is 4.78. The van der Waals surface area contributed by atoms with Gasteiger partial charge in [-0.3, -0.25) is 9.59 Å². The zero-order chi connectivity index (χ0) is 16.4. The average molecular weight is 358 g/mol. The van der Waals surface area contributed by atoms with Crippen molar-refractivity contribution >= 4 is 24.2 Å². The average Bonchev–Trinajstić information content (AvgIpc) is 2.54. The van der Waals surface area contributed by atoms with E-state index in [0.717, 1.165) is 51.6 Å². The second kappa shape index (κ2) is 8.52. The number of likely N-dealkylation sites (tertiary alicyclic amines) is 1. The summed E-state index contributed by atoms with van der Waals surface area (Å²) in [4.78, 5) is 27.0. The molecule has 3 fully saturated rings. The van der Waals surface area contributed by atoms with E-state index in [1.165, 1.54) is 12.8 Å². The number of hydrogen-bond donors (Lipinski definition) is 2. The van der Waals surface area contributed by atoms with Crippen LogP contribution in [0.3, 0.4) is 0 Å². The Morgan fingerprint density at radius 2 is 1.62 bits per heavy atom. The van der Waals surface area contributed by atoms with Crippen molar-refractivity contribution in [2.75, 3.05) is 13.1 Å². The standard InChI is InChI=1S/C18H31N3O2.ClH/c1-12(18(23)21-8-3-2-4-9-21)20-17(22)15-10-13-6-5-7-14(11-15)16(13)19;/h12-16H,2-11,19H2,1H3,(H,20,22);1H/t12-,13?,14?,15?,16?;/m0./s1. The largest absolute Gasteiger partial charge is 0.344 e. The highest BCUT2D eigenvalue weighted by Gasteiger charge is 2.41. The first-order valence-corrected chi connectivity index (χ1v) is 9.41. The van der Waals surface area contributed by atoms with Crippen molar-refractivity contribution in [3.63, 3.8) is 0 Å². The van der Waals surface area contributed by atoms with Crippen LogP contribution in [0.15, 0.2) is 0 Å². The number of halogens is 1. The molecule has 1 saturated heterocycles. The molecule has 3 N–H and O–H groups in total. The molecule has 2 amide bonds. The fraction of sp³-hybridized carbons (Fsp3) is 0.889. The minimum absolute atomic E-state index is 0. The monoisotopic (exact) mass is 357 g/mol. The van der Waals surface area contributed by atoms with E-state index in [-0.39, 0.29) is 36.2 Å². The zero-order valence-electron chi connectivity index (χ0n) is 14.7. The first-order chi connectivity index (χ1) is 11.1. The van der Waals surface area contributed by atoms with E-state index < -0.39 is 6.04 Å². The number of carbonyl (C=O) groups is 2. The second-order valence-corrected chi connectivity index (χ2v) is 7.81. The van der Waals surface area contributed by atoms with Gasteiger partial charge < -0.3 is 16.0 Å². The summed E-state index contributed by atoms with van der Waals surface area (Å²) in [5.74, 6) is 1.16. The van der Waals surface area contributed by atoms with Crippen LogP contribution in [0.2, 0.25) is 0 Å². The number of piperidine rings is 1. The van der Waals surface area contributed by atoms with Crippen molar-refractivity contribution in [1.82, 2.24) is 10.2 Å². The molecule has 3 rings (SSSR count). The lowest BCUT2D eigenvalue weighted by atomic mass is 9.65. The van der Waals surface area contributed by atoms with Gasteiger partial charge in [0.2, 0.25) is 11.8 Å². The van der Waals surface area contributed by atoms with Crippen molar-refractivity contribution < 1.29 is 9.59 Å². The molecule has 1 heterocycles. The van der Waals surface area contributed by atoms with E-state index in [2.05, 4.69) is 5.32 Å². The maximum Gasteiger partial charge on any atom is 0.244 e. The third-order valence-corrected chi connectivity index (χ3v) is 6.18. The number of hydrogen-bond acceptors (Lipinski definition) is 3. The smallest absolute Gasteiger partial charge is 0.244 e. The van der Waals surface area contributed by atoms with E-state index in [1.54, 1.807) is 0 Å². The molecule has 2 bridgehead atoms. The van der Waals surface area contributed by atoms with Crippen LogP contribution in [0.4, 0.5) is 0 Å². The molecule has 0 aromatic heterocycles. The predicted molar refractivity (Wildman–Crippen MR) is 96.8 cm³/mol. The van der Waals surface area contributed by atoms with Crippen molar-refractivity contribution in [2.45, 2.75) is 70.4 Å².